The second-order valence-electron chi connectivity index (χ2n) is 8.59. The van der Waals surface area contributed by atoms with Gasteiger partial charge in [0, 0.05) is 41.3 Å². The fourth-order valence-electron chi connectivity index (χ4n) is 4.17. The van der Waals surface area contributed by atoms with Crippen molar-refractivity contribution in [3.05, 3.63) is 120 Å². The van der Waals surface area contributed by atoms with Crippen LogP contribution in [0.5, 0.6) is 0 Å². The SMILES string of the molecule is CCc1cc2cccc(C#Cc3ccncc3)c2nc1-c1ccccc1.NC(=O)c1c(N)nn2cccnc12. The number of nitrogen functional groups attached to an aromatic ring is 1. The summed E-state index contributed by atoms with van der Waals surface area (Å²) < 4.78 is 1.41. The van der Waals surface area contributed by atoms with Crippen molar-refractivity contribution in [1.29, 1.82) is 0 Å². The summed E-state index contributed by atoms with van der Waals surface area (Å²) in [5.41, 5.74) is 17.4. The van der Waals surface area contributed by atoms with Crippen LogP contribution in [0.2, 0.25) is 0 Å². The maximum absolute atomic E-state index is 10.9. The van der Waals surface area contributed by atoms with E-state index in [2.05, 4.69) is 70.2 Å². The summed E-state index contributed by atoms with van der Waals surface area (Å²) in [5.74, 6) is 5.97. The van der Waals surface area contributed by atoms with E-state index in [1.807, 2.05) is 30.3 Å². The highest BCUT2D eigenvalue weighted by Gasteiger charge is 2.15. The van der Waals surface area contributed by atoms with Crippen LogP contribution in [0.3, 0.4) is 0 Å². The number of aryl methyl sites for hydroxylation is 1. The van der Waals surface area contributed by atoms with E-state index >= 15 is 0 Å². The Morgan fingerprint density at radius 2 is 1.74 bits per heavy atom. The predicted octanol–water partition coefficient (Wildman–Crippen LogP) is 4.67. The van der Waals surface area contributed by atoms with Crippen LogP contribution in [0, 0.1) is 11.8 Å². The number of rotatable bonds is 3. The lowest BCUT2D eigenvalue weighted by atomic mass is 10.00. The molecule has 8 nitrogen and oxygen atoms in total. The van der Waals surface area contributed by atoms with E-state index in [1.165, 1.54) is 10.1 Å². The van der Waals surface area contributed by atoms with Crippen molar-refractivity contribution in [2.45, 2.75) is 13.3 Å². The topological polar surface area (TPSA) is 125 Å². The van der Waals surface area contributed by atoms with Gasteiger partial charge in [0.2, 0.25) is 0 Å². The van der Waals surface area contributed by atoms with Crippen LogP contribution in [0.25, 0.3) is 27.8 Å². The normalized spacial score (nSPS) is 10.4. The minimum atomic E-state index is -0.619. The summed E-state index contributed by atoms with van der Waals surface area (Å²) in [7, 11) is 0. The molecule has 0 bridgehead atoms. The van der Waals surface area contributed by atoms with Gasteiger partial charge in [-0.1, -0.05) is 61.2 Å². The van der Waals surface area contributed by atoms with Gasteiger partial charge in [-0.05, 0) is 42.3 Å². The van der Waals surface area contributed by atoms with Crippen molar-refractivity contribution in [3.63, 3.8) is 0 Å². The zero-order chi connectivity index (χ0) is 27.2. The molecule has 0 atom stereocenters. The van der Waals surface area contributed by atoms with Gasteiger partial charge >= 0.3 is 0 Å². The highest BCUT2D eigenvalue weighted by Crippen LogP contribution is 2.27. The number of aromatic nitrogens is 5. The molecular formula is C31H25N7O. The minimum absolute atomic E-state index is 0.103. The molecule has 0 unspecified atom stereocenters. The summed E-state index contributed by atoms with van der Waals surface area (Å²) in [6.45, 7) is 2.17. The molecule has 8 heteroatoms. The number of para-hydroxylation sites is 1. The van der Waals surface area contributed by atoms with E-state index < -0.39 is 5.91 Å². The standard InChI is InChI=1S/C24H18N2.C7H7N5O/c1-2-19-17-22-10-6-9-21(12-11-18-13-15-25-16-14-18)24(22)26-23(19)20-7-4-3-5-8-20;8-5-4(6(9)13)7-10-2-1-3-12(7)11-5/h3-10,13-17H,2H2,1H3;1-3H,(H2,8,11)(H2,9,13). The third-order valence-electron chi connectivity index (χ3n) is 6.04. The number of nitrogens with zero attached hydrogens (tertiary/aromatic N) is 5. The van der Waals surface area contributed by atoms with Crippen molar-refractivity contribution in [3.8, 4) is 23.1 Å². The van der Waals surface area contributed by atoms with Gasteiger partial charge in [0.15, 0.2) is 11.5 Å². The Kier molecular flexibility index (Phi) is 7.23. The smallest absolute Gasteiger partial charge is 0.256 e. The first-order chi connectivity index (χ1) is 19.0. The number of hydrogen-bond donors (Lipinski definition) is 2. The van der Waals surface area contributed by atoms with Crippen LogP contribution in [-0.4, -0.2) is 30.5 Å². The average Bonchev–Trinajstić information content (AvgIpc) is 3.32. The number of carbonyl (C=O) groups is 1. The van der Waals surface area contributed by atoms with E-state index in [0.29, 0.717) is 5.65 Å². The Hall–Kier alpha value is -5.55. The molecule has 0 aliphatic carbocycles. The third kappa shape index (κ3) is 5.43. The highest BCUT2D eigenvalue weighted by molar-refractivity contribution is 6.03. The number of nitrogens with two attached hydrogens (primary N) is 2. The van der Waals surface area contributed by atoms with E-state index in [4.69, 9.17) is 16.5 Å². The lowest BCUT2D eigenvalue weighted by Crippen LogP contribution is -2.12. The number of carbonyl (C=O) groups excluding carboxylic acids is 1. The molecule has 4 aromatic heterocycles. The number of hydrogen-bond acceptors (Lipinski definition) is 6. The minimum Gasteiger partial charge on any atom is -0.381 e. The quantitative estimate of drug-likeness (QED) is 0.333. The number of benzene rings is 2. The Labute approximate surface area is 225 Å². The van der Waals surface area contributed by atoms with E-state index in [0.717, 1.165) is 39.7 Å². The molecule has 0 saturated heterocycles. The molecule has 0 aliphatic heterocycles. The molecule has 6 rings (SSSR count). The van der Waals surface area contributed by atoms with Gasteiger partial charge in [-0.3, -0.25) is 9.78 Å². The van der Waals surface area contributed by atoms with Gasteiger partial charge in [-0.2, -0.15) is 0 Å². The monoisotopic (exact) mass is 511 g/mol. The number of amides is 1. The summed E-state index contributed by atoms with van der Waals surface area (Å²) >= 11 is 0. The summed E-state index contributed by atoms with van der Waals surface area (Å²) in [6, 6.07) is 24.3. The van der Waals surface area contributed by atoms with Gasteiger partial charge in [-0.25, -0.2) is 14.5 Å². The van der Waals surface area contributed by atoms with Crippen LogP contribution >= 0.6 is 0 Å². The Morgan fingerprint density at radius 3 is 2.49 bits per heavy atom. The Morgan fingerprint density at radius 1 is 0.949 bits per heavy atom. The van der Waals surface area contributed by atoms with E-state index in [1.54, 1.807) is 30.9 Å². The van der Waals surface area contributed by atoms with Crippen molar-refractivity contribution < 1.29 is 4.79 Å². The number of primary amides is 1. The second kappa shape index (κ2) is 11.2. The summed E-state index contributed by atoms with van der Waals surface area (Å²) in [4.78, 5) is 23.9. The third-order valence-corrected chi connectivity index (χ3v) is 6.04. The molecule has 0 saturated carbocycles. The van der Waals surface area contributed by atoms with Crippen LogP contribution < -0.4 is 11.5 Å². The summed E-state index contributed by atoms with van der Waals surface area (Å²) in [5, 5.41) is 4.99. The fourth-order valence-corrected chi connectivity index (χ4v) is 4.17. The molecule has 0 radical (unpaired) electrons. The van der Waals surface area contributed by atoms with Crippen molar-refractivity contribution in [2.75, 3.05) is 5.73 Å². The van der Waals surface area contributed by atoms with Crippen molar-refractivity contribution in [1.82, 2.24) is 24.6 Å². The lowest BCUT2D eigenvalue weighted by molar-refractivity contribution is 0.100. The number of pyridine rings is 2. The first-order valence-electron chi connectivity index (χ1n) is 12.3. The van der Waals surface area contributed by atoms with Crippen LogP contribution in [-0.2, 0) is 6.42 Å². The van der Waals surface area contributed by atoms with E-state index in [9.17, 15) is 4.79 Å². The lowest BCUT2D eigenvalue weighted by Gasteiger charge is -2.10. The molecule has 2 aromatic carbocycles. The zero-order valence-electron chi connectivity index (χ0n) is 21.2. The van der Waals surface area contributed by atoms with Crippen molar-refractivity contribution in [2.24, 2.45) is 5.73 Å². The van der Waals surface area contributed by atoms with Crippen molar-refractivity contribution >= 4 is 28.3 Å². The molecule has 4 N–H and O–H groups in total. The van der Waals surface area contributed by atoms with Gasteiger partial charge in [-0.15, -0.1) is 5.10 Å². The zero-order valence-corrected chi connectivity index (χ0v) is 21.2. The van der Waals surface area contributed by atoms with Crippen LogP contribution in [0.4, 0.5) is 5.82 Å². The van der Waals surface area contributed by atoms with E-state index in [-0.39, 0.29) is 11.4 Å². The Balaban J connectivity index is 0.000000198. The maximum atomic E-state index is 10.9. The van der Waals surface area contributed by atoms with Gasteiger partial charge in [0.05, 0.1) is 16.8 Å². The van der Waals surface area contributed by atoms with Gasteiger partial charge < -0.3 is 11.5 Å². The van der Waals surface area contributed by atoms with Gasteiger partial charge in [0.25, 0.3) is 5.91 Å². The Bertz CT molecular complexity index is 1840. The number of anilines is 1. The predicted molar refractivity (Wildman–Crippen MR) is 153 cm³/mol. The summed E-state index contributed by atoms with van der Waals surface area (Å²) in [6.07, 6.45) is 7.65. The number of fused-ring (bicyclic) bond motifs is 2. The first kappa shape index (κ1) is 25.1. The molecule has 1 amide bonds. The van der Waals surface area contributed by atoms with Crippen LogP contribution in [0.15, 0.2) is 97.6 Å². The molecule has 0 aliphatic rings. The molecule has 4 heterocycles. The second-order valence-corrected chi connectivity index (χ2v) is 8.59. The molecule has 0 spiro atoms. The maximum Gasteiger partial charge on any atom is 0.256 e. The highest BCUT2D eigenvalue weighted by atomic mass is 16.1. The first-order valence-corrected chi connectivity index (χ1v) is 12.3. The molecular weight excluding hydrogens is 486 g/mol. The molecule has 6 aromatic rings. The van der Waals surface area contributed by atoms with Gasteiger partial charge in [0.1, 0.15) is 5.56 Å². The molecule has 0 fully saturated rings. The largest absolute Gasteiger partial charge is 0.381 e. The van der Waals surface area contributed by atoms with Crippen LogP contribution in [0.1, 0.15) is 34.0 Å². The fraction of sp³-hybridized carbons (Fsp3) is 0.0645. The molecule has 39 heavy (non-hydrogen) atoms. The average molecular weight is 512 g/mol. The molecule has 190 valence electrons.